The van der Waals surface area contributed by atoms with Crippen LogP contribution in [-0.4, -0.2) is 64.0 Å². The van der Waals surface area contributed by atoms with Crippen LogP contribution in [0, 0.1) is 0 Å². The third kappa shape index (κ3) is 3.58. The Hall–Kier alpha value is -1.40. The van der Waals surface area contributed by atoms with Crippen molar-refractivity contribution in [1.29, 1.82) is 0 Å². The Bertz CT molecular complexity index is 543. The Kier molecular flexibility index (Phi) is 5.02. The van der Waals surface area contributed by atoms with E-state index in [9.17, 15) is 4.79 Å². The molecule has 2 aliphatic rings. The Labute approximate surface area is 138 Å². The van der Waals surface area contributed by atoms with Gasteiger partial charge in [-0.15, -0.1) is 0 Å². The molecule has 23 heavy (non-hydrogen) atoms. The topological polar surface area (TPSA) is 53.4 Å². The van der Waals surface area contributed by atoms with Gasteiger partial charge in [-0.3, -0.25) is 14.6 Å². The predicted molar refractivity (Wildman–Crippen MR) is 90.0 cm³/mol. The summed E-state index contributed by atoms with van der Waals surface area (Å²) in [7, 11) is 2.21. The number of nitrogens with one attached hydrogen (secondary N) is 1. The van der Waals surface area contributed by atoms with Crippen LogP contribution in [0.5, 0.6) is 0 Å². The SMILES string of the molecule is CCCn1ccnc1CN1CCN(C)C2(CCNC(=O)CC2)C1. The number of piperazine rings is 1. The maximum atomic E-state index is 11.7. The number of likely N-dealkylation sites (N-methyl/N-ethyl adjacent to an activating group) is 1. The number of rotatable bonds is 4. The number of aryl methyl sites for hydroxylation is 1. The summed E-state index contributed by atoms with van der Waals surface area (Å²) in [5.74, 6) is 1.36. The Morgan fingerprint density at radius 2 is 2.22 bits per heavy atom. The van der Waals surface area contributed by atoms with Gasteiger partial charge in [0.2, 0.25) is 5.91 Å². The monoisotopic (exact) mass is 319 g/mol. The van der Waals surface area contributed by atoms with Gasteiger partial charge in [-0.05, 0) is 26.3 Å². The first-order chi connectivity index (χ1) is 11.1. The average molecular weight is 319 g/mol. The zero-order valence-electron chi connectivity index (χ0n) is 14.4. The predicted octanol–water partition coefficient (Wildman–Crippen LogP) is 1.08. The van der Waals surface area contributed by atoms with E-state index >= 15 is 0 Å². The molecule has 0 aromatic carbocycles. The van der Waals surface area contributed by atoms with Gasteiger partial charge in [0.25, 0.3) is 0 Å². The van der Waals surface area contributed by atoms with E-state index in [-0.39, 0.29) is 11.4 Å². The van der Waals surface area contributed by atoms with Crippen LogP contribution in [0.25, 0.3) is 0 Å². The molecule has 0 aliphatic carbocycles. The van der Waals surface area contributed by atoms with Crippen molar-refractivity contribution in [1.82, 2.24) is 24.7 Å². The maximum Gasteiger partial charge on any atom is 0.220 e. The smallest absolute Gasteiger partial charge is 0.220 e. The summed E-state index contributed by atoms with van der Waals surface area (Å²) in [4.78, 5) is 21.3. The highest BCUT2D eigenvalue weighted by molar-refractivity contribution is 5.76. The number of carbonyl (C=O) groups excluding carboxylic acids is 1. The third-order valence-corrected chi connectivity index (χ3v) is 5.44. The van der Waals surface area contributed by atoms with Gasteiger partial charge in [0, 0.05) is 57.1 Å². The van der Waals surface area contributed by atoms with Gasteiger partial charge in [-0.25, -0.2) is 4.98 Å². The number of carbonyl (C=O) groups is 1. The van der Waals surface area contributed by atoms with Crippen LogP contribution in [-0.2, 0) is 17.9 Å². The largest absolute Gasteiger partial charge is 0.356 e. The third-order valence-electron chi connectivity index (χ3n) is 5.44. The van der Waals surface area contributed by atoms with Gasteiger partial charge in [0.05, 0.1) is 6.54 Å². The number of amides is 1. The van der Waals surface area contributed by atoms with Gasteiger partial charge >= 0.3 is 0 Å². The molecule has 1 aromatic heterocycles. The van der Waals surface area contributed by atoms with Crippen molar-refractivity contribution in [2.75, 3.05) is 33.2 Å². The summed E-state index contributed by atoms with van der Waals surface area (Å²) in [6, 6.07) is 0. The average Bonchev–Trinajstić information content (AvgIpc) is 2.87. The van der Waals surface area contributed by atoms with Crippen molar-refractivity contribution in [2.24, 2.45) is 0 Å². The fraction of sp³-hybridized carbons (Fsp3) is 0.765. The summed E-state index contributed by atoms with van der Waals surface area (Å²) in [6.07, 6.45) is 7.75. The summed E-state index contributed by atoms with van der Waals surface area (Å²) < 4.78 is 2.27. The number of nitrogens with zero attached hydrogens (tertiary/aromatic N) is 4. The van der Waals surface area contributed by atoms with E-state index in [0.717, 1.165) is 64.4 Å². The first-order valence-corrected chi connectivity index (χ1v) is 8.83. The zero-order valence-corrected chi connectivity index (χ0v) is 14.4. The maximum absolute atomic E-state index is 11.7. The molecular weight excluding hydrogens is 290 g/mol. The fourth-order valence-corrected chi connectivity index (χ4v) is 3.95. The van der Waals surface area contributed by atoms with E-state index in [4.69, 9.17) is 0 Å². The lowest BCUT2D eigenvalue weighted by atomic mass is 9.86. The van der Waals surface area contributed by atoms with Crippen LogP contribution in [0.4, 0.5) is 0 Å². The van der Waals surface area contributed by atoms with Crippen LogP contribution in [0.3, 0.4) is 0 Å². The minimum absolute atomic E-state index is 0.125. The van der Waals surface area contributed by atoms with Crippen molar-refractivity contribution < 1.29 is 4.79 Å². The van der Waals surface area contributed by atoms with Crippen molar-refractivity contribution in [2.45, 2.75) is 51.2 Å². The molecule has 2 fully saturated rings. The standard InChI is InChI=1S/C17H29N5O/c1-3-9-22-10-8-18-15(22)13-21-12-11-20(2)17(14-21)5-4-16(23)19-7-6-17/h8,10H,3-7,9,11-14H2,1-2H3,(H,19,23). The summed E-state index contributed by atoms with van der Waals surface area (Å²) in [5, 5.41) is 3.02. The molecule has 3 heterocycles. The second-order valence-electron chi connectivity index (χ2n) is 6.99. The zero-order chi connectivity index (χ0) is 16.3. The van der Waals surface area contributed by atoms with Crippen molar-refractivity contribution >= 4 is 5.91 Å². The van der Waals surface area contributed by atoms with Crippen molar-refractivity contribution in [3.63, 3.8) is 0 Å². The van der Waals surface area contributed by atoms with Gasteiger partial charge in [-0.1, -0.05) is 6.92 Å². The van der Waals surface area contributed by atoms with Crippen molar-refractivity contribution in [3.05, 3.63) is 18.2 Å². The molecule has 0 bridgehead atoms. The van der Waals surface area contributed by atoms with Crippen LogP contribution >= 0.6 is 0 Å². The molecule has 6 nitrogen and oxygen atoms in total. The minimum atomic E-state index is 0.125. The van der Waals surface area contributed by atoms with E-state index in [1.54, 1.807) is 0 Å². The van der Waals surface area contributed by atoms with Gasteiger partial charge in [-0.2, -0.15) is 0 Å². The number of aromatic nitrogens is 2. The van der Waals surface area contributed by atoms with Crippen LogP contribution in [0.15, 0.2) is 12.4 Å². The van der Waals surface area contributed by atoms with Gasteiger partial charge < -0.3 is 9.88 Å². The van der Waals surface area contributed by atoms with E-state index in [1.165, 1.54) is 0 Å². The van der Waals surface area contributed by atoms with Crippen molar-refractivity contribution in [3.8, 4) is 0 Å². The highest BCUT2D eigenvalue weighted by Gasteiger charge is 2.40. The van der Waals surface area contributed by atoms with E-state index in [2.05, 4.69) is 44.8 Å². The Morgan fingerprint density at radius 1 is 1.35 bits per heavy atom. The first kappa shape index (κ1) is 16.5. The molecule has 2 aliphatic heterocycles. The molecule has 3 rings (SSSR count). The lowest BCUT2D eigenvalue weighted by Crippen LogP contribution is -2.60. The number of hydrogen-bond donors (Lipinski definition) is 1. The van der Waals surface area contributed by atoms with Crippen LogP contribution < -0.4 is 5.32 Å². The van der Waals surface area contributed by atoms with Crippen LogP contribution in [0.1, 0.15) is 38.4 Å². The van der Waals surface area contributed by atoms with E-state index in [1.807, 2.05) is 6.20 Å². The molecule has 128 valence electrons. The lowest BCUT2D eigenvalue weighted by molar-refractivity contribution is -0.121. The molecule has 6 heteroatoms. The van der Waals surface area contributed by atoms with Gasteiger partial charge in [0.15, 0.2) is 0 Å². The molecule has 0 saturated carbocycles. The molecule has 0 radical (unpaired) electrons. The molecular formula is C17H29N5O. The second-order valence-corrected chi connectivity index (χ2v) is 6.99. The first-order valence-electron chi connectivity index (χ1n) is 8.83. The highest BCUT2D eigenvalue weighted by Crippen LogP contribution is 2.30. The summed E-state index contributed by atoms with van der Waals surface area (Å²) in [6.45, 7) is 8.08. The highest BCUT2D eigenvalue weighted by atomic mass is 16.1. The molecule has 1 spiro atoms. The minimum Gasteiger partial charge on any atom is -0.356 e. The molecule has 1 amide bonds. The molecule has 2 saturated heterocycles. The number of imidazole rings is 1. The van der Waals surface area contributed by atoms with E-state index < -0.39 is 0 Å². The number of hydrogen-bond acceptors (Lipinski definition) is 4. The Balaban J connectivity index is 1.70. The molecule has 1 N–H and O–H groups in total. The normalized spacial score (nSPS) is 27.1. The summed E-state index contributed by atoms with van der Waals surface area (Å²) in [5.41, 5.74) is 0.125. The second kappa shape index (κ2) is 7.01. The van der Waals surface area contributed by atoms with Gasteiger partial charge in [0.1, 0.15) is 5.82 Å². The quantitative estimate of drug-likeness (QED) is 0.902. The van der Waals surface area contributed by atoms with Crippen LogP contribution in [0.2, 0.25) is 0 Å². The molecule has 1 aromatic rings. The molecule has 1 atom stereocenters. The fourth-order valence-electron chi connectivity index (χ4n) is 3.95. The molecule has 1 unspecified atom stereocenters. The Morgan fingerprint density at radius 3 is 3.04 bits per heavy atom. The summed E-state index contributed by atoms with van der Waals surface area (Å²) >= 11 is 0. The lowest BCUT2D eigenvalue weighted by Gasteiger charge is -2.49. The van der Waals surface area contributed by atoms with E-state index in [0.29, 0.717) is 6.42 Å².